The van der Waals surface area contributed by atoms with Gasteiger partial charge in [-0.3, -0.25) is 4.21 Å². The summed E-state index contributed by atoms with van der Waals surface area (Å²) in [6.07, 6.45) is -2.94. The Morgan fingerprint density at radius 3 is 2.24 bits per heavy atom. The standard InChI is InChI=1S/C29H23F6N3O2S2/c1-16-36-25(28(30,31)32)15-38(16)24-12-9-20(19-5-4-6-22(13-19)42(3)39)14-23(24)26-27(40-17(2)37-26)18-7-10-21(11-8-18)41-29(33,34)35/h4-15,26-27H,1-3H3. The molecule has 3 aromatic carbocycles. The van der Waals surface area contributed by atoms with Gasteiger partial charge >= 0.3 is 11.7 Å². The van der Waals surface area contributed by atoms with Crippen LogP contribution in [0.2, 0.25) is 0 Å². The predicted octanol–water partition coefficient (Wildman–Crippen LogP) is 8.45. The fraction of sp³-hybridized carbons (Fsp3) is 0.241. The first-order chi connectivity index (χ1) is 19.7. The van der Waals surface area contributed by atoms with Gasteiger partial charge in [-0.15, -0.1) is 0 Å². The summed E-state index contributed by atoms with van der Waals surface area (Å²) >= 11 is -0.235. The second kappa shape index (κ2) is 11.3. The topological polar surface area (TPSA) is 56.5 Å². The van der Waals surface area contributed by atoms with Gasteiger partial charge < -0.3 is 9.30 Å². The van der Waals surface area contributed by atoms with E-state index in [2.05, 4.69) is 9.98 Å². The van der Waals surface area contributed by atoms with E-state index in [0.29, 0.717) is 33.2 Å². The van der Waals surface area contributed by atoms with Gasteiger partial charge in [0, 0.05) is 45.5 Å². The van der Waals surface area contributed by atoms with E-state index in [9.17, 15) is 30.6 Å². The number of imidazole rings is 1. The quantitative estimate of drug-likeness (QED) is 0.160. The number of thioether (sulfide) groups is 1. The van der Waals surface area contributed by atoms with Crippen molar-refractivity contribution in [2.24, 2.45) is 4.99 Å². The highest BCUT2D eigenvalue weighted by Crippen LogP contribution is 2.45. The van der Waals surface area contributed by atoms with Crippen LogP contribution in [-0.4, -0.2) is 31.4 Å². The molecule has 0 N–H and O–H groups in total. The van der Waals surface area contributed by atoms with E-state index in [1.54, 1.807) is 49.6 Å². The summed E-state index contributed by atoms with van der Waals surface area (Å²) < 4.78 is 98.7. The lowest BCUT2D eigenvalue weighted by molar-refractivity contribution is -0.141. The molecule has 5 rings (SSSR count). The molecule has 3 unspecified atom stereocenters. The molecule has 1 aliphatic heterocycles. The summed E-state index contributed by atoms with van der Waals surface area (Å²) in [6, 6.07) is 17.3. The van der Waals surface area contributed by atoms with Crippen LogP contribution in [-0.2, 0) is 21.7 Å². The Morgan fingerprint density at radius 2 is 1.62 bits per heavy atom. The van der Waals surface area contributed by atoms with E-state index in [4.69, 9.17) is 4.74 Å². The Morgan fingerprint density at radius 1 is 0.929 bits per heavy atom. The number of hydrogen-bond donors (Lipinski definition) is 0. The Bertz CT molecular complexity index is 1680. The van der Waals surface area contributed by atoms with Crippen molar-refractivity contribution in [3.8, 4) is 16.8 Å². The third-order valence-electron chi connectivity index (χ3n) is 6.63. The minimum absolute atomic E-state index is 0.00281. The highest BCUT2D eigenvalue weighted by molar-refractivity contribution is 8.00. The zero-order chi connectivity index (χ0) is 30.4. The molecule has 0 saturated carbocycles. The van der Waals surface area contributed by atoms with Gasteiger partial charge in [-0.2, -0.15) is 26.3 Å². The minimum atomic E-state index is -4.66. The predicted molar refractivity (Wildman–Crippen MR) is 149 cm³/mol. The number of halogens is 6. The second-order valence-corrected chi connectivity index (χ2v) is 12.1. The van der Waals surface area contributed by atoms with Crippen molar-refractivity contribution in [3.63, 3.8) is 0 Å². The number of aryl methyl sites for hydroxylation is 1. The van der Waals surface area contributed by atoms with Crippen LogP contribution in [0.25, 0.3) is 16.8 Å². The highest BCUT2D eigenvalue weighted by Gasteiger charge is 2.37. The summed E-state index contributed by atoms with van der Waals surface area (Å²) in [5, 5.41) is 0. The smallest absolute Gasteiger partial charge is 0.446 e. The molecule has 13 heteroatoms. The lowest BCUT2D eigenvalue weighted by Crippen LogP contribution is -2.11. The lowest BCUT2D eigenvalue weighted by Gasteiger charge is -2.22. The lowest BCUT2D eigenvalue weighted by atomic mass is 9.92. The third-order valence-corrected chi connectivity index (χ3v) is 8.28. The molecule has 1 aliphatic rings. The molecule has 4 aromatic rings. The van der Waals surface area contributed by atoms with Crippen LogP contribution in [0, 0.1) is 6.92 Å². The number of hydrogen-bond acceptors (Lipinski definition) is 5. The Kier molecular flexibility index (Phi) is 8.01. The fourth-order valence-corrected chi connectivity index (χ4v) is 5.88. The Hall–Kier alpha value is -3.58. The first-order valence-corrected chi connectivity index (χ1v) is 14.9. The number of aliphatic imine (C=N–C) groups is 1. The van der Waals surface area contributed by atoms with Crippen molar-refractivity contribution in [1.82, 2.24) is 9.55 Å². The zero-order valence-electron chi connectivity index (χ0n) is 22.3. The zero-order valence-corrected chi connectivity index (χ0v) is 24.0. The molecule has 0 saturated heterocycles. The summed E-state index contributed by atoms with van der Waals surface area (Å²) in [4.78, 5) is 8.97. The number of nitrogens with zero attached hydrogens (tertiary/aromatic N) is 3. The molecule has 0 amide bonds. The van der Waals surface area contributed by atoms with Crippen LogP contribution in [0.5, 0.6) is 0 Å². The highest BCUT2D eigenvalue weighted by atomic mass is 32.2. The summed E-state index contributed by atoms with van der Waals surface area (Å²) in [7, 11) is -1.24. The second-order valence-electron chi connectivity index (χ2n) is 9.54. The van der Waals surface area contributed by atoms with Gasteiger partial charge in [-0.05, 0) is 71.8 Å². The summed E-state index contributed by atoms with van der Waals surface area (Å²) in [5.74, 6) is 0.418. The van der Waals surface area contributed by atoms with E-state index in [0.717, 1.165) is 11.8 Å². The molecule has 0 bridgehead atoms. The average Bonchev–Trinajstić information content (AvgIpc) is 3.50. The largest absolute Gasteiger partial charge is 0.471 e. The molecule has 1 aromatic heterocycles. The van der Waals surface area contributed by atoms with Crippen molar-refractivity contribution in [2.75, 3.05) is 6.26 Å². The first kappa shape index (κ1) is 29.9. The van der Waals surface area contributed by atoms with E-state index >= 15 is 0 Å². The Balaban J connectivity index is 1.64. The van der Waals surface area contributed by atoms with E-state index in [1.807, 2.05) is 6.07 Å². The van der Waals surface area contributed by atoms with Crippen LogP contribution < -0.4 is 0 Å². The van der Waals surface area contributed by atoms with Crippen molar-refractivity contribution < 1.29 is 35.3 Å². The number of alkyl halides is 6. The molecule has 3 atom stereocenters. The van der Waals surface area contributed by atoms with Gasteiger partial charge in [-0.25, -0.2) is 9.98 Å². The van der Waals surface area contributed by atoms with Crippen LogP contribution in [0.4, 0.5) is 26.3 Å². The van der Waals surface area contributed by atoms with E-state index < -0.39 is 40.3 Å². The van der Waals surface area contributed by atoms with Gasteiger partial charge in [0.15, 0.2) is 17.7 Å². The van der Waals surface area contributed by atoms with Crippen molar-refractivity contribution in [3.05, 3.63) is 95.6 Å². The molecule has 2 heterocycles. The monoisotopic (exact) mass is 623 g/mol. The molecular weight excluding hydrogens is 600 g/mol. The van der Waals surface area contributed by atoms with Crippen LogP contribution in [0.3, 0.4) is 0 Å². The van der Waals surface area contributed by atoms with Gasteiger partial charge in [-0.1, -0.05) is 30.3 Å². The van der Waals surface area contributed by atoms with Crippen molar-refractivity contribution >= 4 is 28.5 Å². The molecule has 0 spiro atoms. The summed E-state index contributed by atoms with van der Waals surface area (Å²) in [6.45, 7) is 3.09. The van der Waals surface area contributed by atoms with Gasteiger partial charge in [0.25, 0.3) is 0 Å². The molecule has 0 radical (unpaired) electrons. The molecule has 0 aliphatic carbocycles. The molecule has 220 valence electrons. The molecule has 0 fully saturated rings. The van der Waals surface area contributed by atoms with Crippen LogP contribution in [0.1, 0.15) is 41.7 Å². The Labute approximate surface area is 244 Å². The number of benzene rings is 3. The van der Waals surface area contributed by atoms with Crippen molar-refractivity contribution in [1.29, 1.82) is 0 Å². The molecular formula is C29H23F6N3O2S2. The van der Waals surface area contributed by atoms with Gasteiger partial charge in [0.2, 0.25) is 0 Å². The maximum atomic E-state index is 13.5. The van der Waals surface area contributed by atoms with Crippen molar-refractivity contribution in [2.45, 2.75) is 47.5 Å². The SMILES string of the molecule is CC1=NC(c2cc(-c3cccc(S(C)=O)c3)ccc2-n2cc(C(F)(F)F)nc2C)C(c2ccc(SC(F)(F)F)cc2)O1. The van der Waals surface area contributed by atoms with Crippen LogP contribution in [0.15, 0.2) is 87.7 Å². The maximum Gasteiger partial charge on any atom is 0.446 e. The number of rotatable bonds is 6. The number of aromatic nitrogens is 2. The fourth-order valence-electron chi connectivity index (χ4n) is 4.78. The minimum Gasteiger partial charge on any atom is -0.471 e. The first-order valence-electron chi connectivity index (χ1n) is 12.5. The maximum absolute atomic E-state index is 13.5. The third kappa shape index (κ3) is 6.41. The van der Waals surface area contributed by atoms with Gasteiger partial charge in [0.1, 0.15) is 11.9 Å². The normalized spacial score (nSPS) is 18.1. The van der Waals surface area contributed by atoms with E-state index in [-0.39, 0.29) is 22.5 Å². The number of ether oxygens (including phenoxy) is 1. The molecule has 5 nitrogen and oxygen atoms in total. The summed E-state index contributed by atoms with van der Waals surface area (Å²) in [5.41, 5.74) is -2.61. The van der Waals surface area contributed by atoms with Crippen LogP contribution >= 0.6 is 11.8 Å². The van der Waals surface area contributed by atoms with E-state index in [1.165, 1.54) is 35.8 Å². The molecule has 42 heavy (non-hydrogen) atoms. The average molecular weight is 624 g/mol. The van der Waals surface area contributed by atoms with Gasteiger partial charge in [0.05, 0.1) is 5.69 Å².